The van der Waals surface area contributed by atoms with Crippen LogP contribution in [-0.2, 0) is 28.5 Å². The first-order valence-electron chi connectivity index (χ1n) is 8.50. The molecule has 2 saturated carbocycles. The number of hydrogen-bond acceptors (Lipinski definition) is 7. The molecule has 5 rings (SSSR count). The predicted molar refractivity (Wildman–Crippen MR) is 77.7 cm³/mol. The Morgan fingerprint density at radius 3 is 2.58 bits per heavy atom. The second-order valence-corrected chi connectivity index (χ2v) is 8.71. The molecular weight excluding hydrogens is 316 g/mol. The maximum atomic E-state index is 12.8. The van der Waals surface area contributed by atoms with Crippen LogP contribution in [0.2, 0.25) is 0 Å². The molecule has 8 atom stereocenters. The van der Waals surface area contributed by atoms with E-state index in [1.807, 2.05) is 6.92 Å². The third-order valence-corrected chi connectivity index (χ3v) is 7.11. The molecule has 24 heavy (non-hydrogen) atoms. The predicted octanol–water partition coefficient (Wildman–Crippen LogP) is 0.177. The zero-order valence-corrected chi connectivity index (χ0v) is 14.2. The van der Waals surface area contributed by atoms with Crippen LogP contribution in [0.15, 0.2) is 0 Å². The van der Waals surface area contributed by atoms with Crippen LogP contribution in [0.1, 0.15) is 34.1 Å². The van der Waals surface area contributed by atoms with Gasteiger partial charge in [0.25, 0.3) is 0 Å². The van der Waals surface area contributed by atoms with E-state index in [2.05, 4.69) is 0 Å². The van der Waals surface area contributed by atoms with Gasteiger partial charge in [0, 0.05) is 18.3 Å². The van der Waals surface area contributed by atoms with Crippen LogP contribution in [0.25, 0.3) is 0 Å². The van der Waals surface area contributed by atoms with E-state index in [9.17, 15) is 14.7 Å². The Morgan fingerprint density at radius 1 is 1.38 bits per heavy atom. The van der Waals surface area contributed by atoms with Crippen molar-refractivity contribution in [1.29, 1.82) is 0 Å². The van der Waals surface area contributed by atoms with Crippen LogP contribution < -0.4 is 0 Å². The molecule has 5 fully saturated rings. The maximum Gasteiger partial charge on any atom is 0.313 e. The minimum Gasteiger partial charge on any atom is -0.462 e. The van der Waals surface area contributed by atoms with Crippen molar-refractivity contribution in [2.24, 2.45) is 17.3 Å². The molecule has 0 aromatic carbocycles. The Hall–Kier alpha value is -1.18. The van der Waals surface area contributed by atoms with Gasteiger partial charge in [0.1, 0.15) is 29.8 Å². The highest BCUT2D eigenvalue weighted by Crippen LogP contribution is 2.77. The molecule has 3 saturated heterocycles. The van der Waals surface area contributed by atoms with E-state index in [0.717, 1.165) is 0 Å². The smallest absolute Gasteiger partial charge is 0.313 e. The second-order valence-electron chi connectivity index (χ2n) is 8.71. The molecule has 1 N–H and O–H groups in total. The van der Waals surface area contributed by atoms with Crippen molar-refractivity contribution in [2.45, 2.75) is 69.2 Å². The highest BCUT2D eigenvalue weighted by atomic mass is 16.7. The monoisotopic (exact) mass is 338 g/mol. The van der Waals surface area contributed by atoms with Gasteiger partial charge in [0.05, 0.1) is 12.2 Å². The number of hydrogen-bond donors (Lipinski definition) is 1. The van der Waals surface area contributed by atoms with Crippen molar-refractivity contribution in [3.05, 3.63) is 0 Å². The minimum atomic E-state index is -1.14. The number of carbonyl (C=O) groups is 2. The summed E-state index contributed by atoms with van der Waals surface area (Å²) in [5.74, 6) is -2.07. The average Bonchev–Trinajstić information content (AvgIpc) is 3.28. The Balaban J connectivity index is 1.72. The number of epoxide rings is 2. The maximum absolute atomic E-state index is 12.8. The van der Waals surface area contributed by atoms with Crippen molar-refractivity contribution in [3.63, 3.8) is 0 Å². The van der Waals surface area contributed by atoms with E-state index in [-0.39, 0.29) is 12.2 Å². The Morgan fingerprint density at radius 2 is 2.04 bits per heavy atom. The number of rotatable bonds is 2. The van der Waals surface area contributed by atoms with Crippen LogP contribution in [-0.4, -0.2) is 58.8 Å². The summed E-state index contributed by atoms with van der Waals surface area (Å²) in [6.07, 6.45) is -0.449. The van der Waals surface area contributed by atoms with E-state index in [1.165, 1.54) is 6.92 Å². The van der Waals surface area contributed by atoms with Gasteiger partial charge in [-0.3, -0.25) is 9.59 Å². The summed E-state index contributed by atoms with van der Waals surface area (Å²) >= 11 is 0. The molecule has 1 spiro atoms. The number of aliphatic hydroxyl groups is 1. The van der Waals surface area contributed by atoms with Crippen molar-refractivity contribution in [3.8, 4) is 0 Å². The third kappa shape index (κ3) is 1.35. The average molecular weight is 338 g/mol. The van der Waals surface area contributed by atoms with Gasteiger partial charge >= 0.3 is 11.9 Å². The lowest BCUT2D eigenvalue weighted by Gasteiger charge is -2.54. The SMILES string of the molecule is CC(=O)O[C@@]12[C@H]3O[C@H]3[C@]3(CO3)[C@]1(C)C[C@@H]1OC(=O)[C@H]2[C@@H]1C(C)(C)O. The fourth-order valence-corrected chi connectivity index (χ4v) is 6.17. The first-order valence-corrected chi connectivity index (χ1v) is 8.50. The topological polar surface area (TPSA) is 97.9 Å². The number of esters is 2. The molecule has 2 aliphatic carbocycles. The number of ether oxygens (including phenoxy) is 4. The van der Waals surface area contributed by atoms with E-state index in [4.69, 9.17) is 18.9 Å². The van der Waals surface area contributed by atoms with Crippen molar-refractivity contribution >= 4 is 11.9 Å². The van der Waals surface area contributed by atoms with Crippen molar-refractivity contribution in [1.82, 2.24) is 0 Å². The summed E-state index contributed by atoms with van der Waals surface area (Å²) < 4.78 is 23.2. The fourth-order valence-electron chi connectivity index (χ4n) is 6.17. The van der Waals surface area contributed by atoms with Gasteiger partial charge in [0.15, 0.2) is 5.60 Å². The molecule has 7 heteroatoms. The van der Waals surface area contributed by atoms with Gasteiger partial charge in [-0.15, -0.1) is 0 Å². The molecular formula is C17H22O7. The van der Waals surface area contributed by atoms with Crippen molar-refractivity contribution in [2.75, 3.05) is 6.61 Å². The molecule has 0 amide bonds. The van der Waals surface area contributed by atoms with Crippen LogP contribution in [0.4, 0.5) is 0 Å². The molecule has 132 valence electrons. The summed E-state index contributed by atoms with van der Waals surface area (Å²) in [5.41, 5.74) is -3.36. The summed E-state index contributed by atoms with van der Waals surface area (Å²) in [4.78, 5) is 24.8. The molecule has 0 aromatic rings. The van der Waals surface area contributed by atoms with Crippen LogP contribution >= 0.6 is 0 Å². The normalized spacial score (nSPS) is 56.5. The number of fused-ring (bicyclic) bond motifs is 8. The molecule has 0 unspecified atom stereocenters. The van der Waals surface area contributed by atoms with E-state index in [1.54, 1.807) is 13.8 Å². The van der Waals surface area contributed by atoms with Crippen LogP contribution in [0.5, 0.6) is 0 Å². The Labute approximate surface area is 139 Å². The van der Waals surface area contributed by atoms with E-state index in [0.29, 0.717) is 13.0 Å². The molecule has 0 radical (unpaired) electrons. The van der Waals surface area contributed by atoms with Crippen LogP contribution in [0.3, 0.4) is 0 Å². The van der Waals surface area contributed by atoms with E-state index < -0.39 is 52.1 Å². The molecule has 7 nitrogen and oxygen atoms in total. The minimum absolute atomic E-state index is 0.156. The summed E-state index contributed by atoms with van der Waals surface area (Å²) in [7, 11) is 0. The lowest BCUT2D eigenvalue weighted by Crippen LogP contribution is -2.68. The van der Waals surface area contributed by atoms with Gasteiger partial charge in [-0.1, -0.05) is 6.92 Å². The first kappa shape index (κ1) is 15.1. The van der Waals surface area contributed by atoms with Gasteiger partial charge in [-0.25, -0.2) is 0 Å². The van der Waals surface area contributed by atoms with Gasteiger partial charge in [-0.2, -0.15) is 0 Å². The third-order valence-electron chi connectivity index (χ3n) is 7.11. The summed E-state index contributed by atoms with van der Waals surface area (Å²) in [5, 5.41) is 10.7. The van der Waals surface area contributed by atoms with Gasteiger partial charge < -0.3 is 24.1 Å². The summed E-state index contributed by atoms with van der Waals surface area (Å²) in [6, 6.07) is 0. The number of carbonyl (C=O) groups excluding carboxylic acids is 2. The Bertz CT molecular complexity index is 662. The fraction of sp³-hybridized carbons (Fsp3) is 0.882. The summed E-state index contributed by atoms with van der Waals surface area (Å²) in [6.45, 7) is 7.24. The quantitative estimate of drug-likeness (QED) is 0.566. The molecule has 3 aliphatic heterocycles. The zero-order valence-electron chi connectivity index (χ0n) is 14.2. The standard InChI is InChI=1S/C17H22O7/c1-7(18)24-17-10-9(14(2,3)20)8(22-13(10)19)5-15(17,4)16(6-21-16)11-12(17)23-11/h8-12,20H,5-6H2,1-4H3/t8-,9+,10+,11+,12-,15-,16+,17-/m0/s1. The second kappa shape index (κ2) is 3.81. The first-order chi connectivity index (χ1) is 11.1. The molecule has 2 bridgehead atoms. The lowest BCUT2D eigenvalue weighted by atomic mass is 9.52. The van der Waals surface area contributed by atoms with E-state index >= 15 is 0 Å². The molecule has 3 heterocycles. The highest BCUT2D eigenvalue weighted by Gasteiger charge is 2.94. The van der Waals surface area contributed by atoms with Crippen molar-refractivity contribution < 1.29 is 33.6 Å². The van der Waals surface area contributed by atoms with Crippen LogP contribution in [0, 0.1) is 17.3 Å². The molecule has 0 aromatic heterocycles. The van der Waals surface area contributed by atoms with Gasteiger partial charge in [0.2, 0.25) is 0 Å². The zero-order chi connectivity index (χ0) is 17.3. The van der Waals surface area contributed by atoms with Gasteiger partial charge in [-0.05, 0) is 20.3 Å². The largest absolute Gasteiger partial charge is 0.462 e. The molecule has 5 aliphatic rings. The lowest BCUT2D eigenvalue weighted by molar-refractivity contribution is -0.229. The highest BCUT2D eigenvalue weighted by molar-refractivity contribution is 5.80. The Kier molecular flexibility index (Phi) is 2.40.